The van der Waals surface area contributed by atoms with Gasteiger partial charge in [0.2, 0.25) is 0 Å². The Balaban J connectivity index is 1.38. The molecule has 0 spiro atoms. The van der Waals surface area contributed by atoms with Crippen molar-refractivity contribution in [3.8, 4) is 5.69 Å². The Bertz CT molecular complexity index is 1150. The van der Waals surface area contributed by atoms with Crippen LogP contribution in [0.2, 0.25) is 0 Å². The second-order valence-electron chi connectivity index (χ2n) is 8.85. The van der Waals surface area contributed by atoms with Gasteiger partial charge in [0, 0.05) is 24.3 Å². The molecule has 32 heavy (non-hydrogen) atoms. The molecule has 1 unspecified atom stereocenters. The number of hydrogen-bond donors (Lipinski definition) is 1. The van der Waals surface area contributed by atoms with E-state index < -0.39 is 0 Å². The number of carbonyl (C=O) groups is 2. The van der Waals surface area contributed by atoms with Gasteiger partial charge in [0.15, 0.2) is 0 Å². The molecule has 7 heteroatoms. The summed E-state index contributed by atoms with van der Waals surface area (Å²) in [4.78, 5) is 30.0. The molecule has 5 rings (SSSR count). The molecule has 0 aliphatic carbocycles. The van der Waals surface area contributed by atoms with Crippen molar-refractivity contribution < 1.29 is 9.59 Å². The molecule has 0 radical (unpaired) electrons. The van der Waals surface area contributed by atoms with Gasteiger partial charge in [-0.25, -0.2) is 9.48 Å². The van der Waals surface area contributed by atoms with E-state index >= 15 is 0 Å². The Morgan fingerprint density at radius 3 is 2.28 bits per heavy atom. The standard InChI is InChI=1S/C25H27N5O2/c1-16(2)22-21-17(3)27-30(19-12-8-5-9-13-19)23(21)24(31)29(22)20-14-28(15-20)25(32)26-18-10-6-4-7-11-18/h4-13,16,20,22H,14-15H2,1-3H3,(H,26,32). The lowest BCUT2D eigenvalue weighted by Gasteiger charge is -2.46. The SMILES string of the molecule is Cc1nn(-c2ccccc2)c2c1C(C(C)C)N(C1CN(C(=O)Nc3ccccc3)C1)C2=O. The lowest BCUT2D eigenvalue weighted by Crippen LogP contribution is -2.63. The van der Waals surface area contributed by atoms with Crippen molar-refractivity contribution in [1.29, 1.82) is 0 Å². The first-order valence-corrected chi connectivity index (χ1v) is 11.0. The van der Waals surface area contributed by atoms with Crippen molar-refractivity contribution >= 4 is 17.6 Å². The highest BCUT2D eigenvalue weighted by atomic mass is 16.2. The maximum atomic E-state index is 13.7. The minimum Gasteiger partial charge on any atom is -0.323 e. The predicted octanol–water partition coefficient (Wildman–Crippen LogP) is 4.25. The van der Waals surface area contributed by atoms with Gasteiger partial charge >= 0.3 is 6.03 Å². The fourth-order valence-electron chi connectivity index (χ4n) is 4.81. The van der Waals surface area contributed by atoms with Crippen molar-refractivity contribution in [1.82, 2.24) is 19.6 Å². The summed E-state index contributed by atoms with van der Waals surface area (Å²) in [5.41, 5.74) is 4.20. The number of likely N-dealkylation sites (tertiary alicyclic amines) is 1. The lowest BCUT2D eigenvalue weighted by molar-refractivity contribution is 0.0220. The molecule has 1 atom stereocenters. The van der Waals surface area contributed by atoms with Gasteiger partial charge in [0.1, 0.15) is 5.69 Å². The molecule has 3 heterocycles. The van der Waals surface area contributed by atoms with E-state index in [1.165, 1.54) is 0 Å². The van der Waals surface area contributed by atoms with Gasteiger partial charge in [-0.15, -0.1) is 0 Å². The third kappa shape index (κ3) is 3.25. The summed E-state index contributed by atoms with van der Waals surface area (Å²) in [6.07, 6.45) is 0. The van der Waals surface area contributed by atoms with Gasteiger partial charge in [-0.3, -0.25) is 4.79 Å². The van der Waals surface area contributed by atoms with Crippen LogP contribution in [0.25, 0.3) is 5.69 Å². The van der Waals surface area contributed by atoms with Gasteiger partial charge in [-0.1, -0.05) is 50.2 Å². The summed E-state index contributed by atoms with van der Waals surface area (Å²) >= 11 is 0. The summed E-state index contributed by atoms with van der Waals surface area (Å²) in [5, 5.41) is 7.63. The maximum Gasteiger partial charge on any atom is 0.321 e. The van der Waals surface area contributed by atoms with Crippen LogP contribution in [0.15, 0.2) is 60.7 Å². The highest BCUT2D eigenvalue weighted by molar-refractivity contribution is 5.99. The number of amides is 3. The van der Waals surface area contributed by atoms with E-state index in [0.717, 1.165) is 22.6 Å². The summed E-state index contributed by atoms with van der Waals surface area (Å²) in [7, 11) is 0. The fraction of sp³-hybridized carbons (Fsp3) is 0.320. The summed E-state index contributed by atoms with van der Waals surface area (Å²) < 4.78 is 1.78. The second kappa shape index (κ2) is 7.82. The number of nitrogens with zero attached hydrogens (tertiary/aromatic N) is 4. The van der Waals surface area contributed by atoms with Crippen LogP contribution in [0.3, 0.4) is 0 Å². The predicted molar refractivity (Wildman–Crippen MR) is 123 cm³/mol. The van der Waals surface area contributed by atoms with Crippen LogP contribution in [-0.4, -0.2) is 50.6 Å². The number of urea groups is 1. The van der Waals surface area contributed by atoms with Crippen LogP contribution in [0.5, 0.6) is 0 Å². The number of anilines is 1. The zero-order valence-corrected chi connectivity index (χ0v) is 18.5. The third-order valence-electron chi connectivity index (χ3n) is 6.34. The Morgan fingerprint density at radius 2 is 1.66 bits per heavy atom. The molecule has 2 aromatic carbocycles. The van der Waals surface area contributed by atoms with Crippen LogP contribution in [0.4, 0.5) is 10.5 Å². The average molecular weight is 430 g/mol. The fourth-order valence-corrected chi connectivity index (χ4v) is 4.81. The number of benzene rings is 2. The first-order chi connectivity index (χ1) is 15.5. The van der Waals surface area contributed by atoms with Gasteiger partial charge in [0.05, 0.1) is 23.5 Å². The van der Waals surface area contributed by atoms with Crippen LogP contribution in [0, 0.1) is 12.8 Å². The molecule has 0 saturated carbocycles. The number of aromatic nitrogens is 2. The molecule has 3 aromatic rings. The van der Waals surface area contributed by atoms with Crippen LogP contribution >= 0.6 is 0 Å². The maximum absolute atomic E-state index is 13.7. The Labute approximate surface area is 187 Å². The molecule has 1 aromatic heterocycles. The molecule has 7 nitrogen and oxygen atoms in total. The summed E-state index contributed by atoms with van der Waals surface area (Å²) in [6, 6.07) is 19.0. The van der Waals surface area contributed by atoms with Crippen molar-refractivity contribution in [3.63, 3.8) is 0 Å². The molecule has 1 saturated heterocycles. The number of fused-ring (bicyclic) bond motifs is 1. The van der Waals surface area contributed by atoms with Crippen LogP contribution < -0.4 is 5.32 Å². The zero-order valence-electron chi connectivity index (χ0n) is 18.5. The first-order valence-electron chi connectivity index (χ1n) is 11.0. The van der Waals surface area contributed by atoms with E-state index in [9.17, 15) is 9.59 Å². The monoisotopic (exact) mass is 429 g/mol. The van der Waals surface area contributed by atoms with Crippen LogP contribution in [-0.2, 0) is 0 Å². The van der Waals surface area contributed by atoms with Gasteiger partial charge in [-0.05, 0) is 37.1 Å². The second-order valence-corrected chi connectivity index (χ2v) is 8.85. The normalized spacial score (nSPS) is 18.1. The van der Waals surface area contributed by atoms with Gasteiger partial charge < -0.3 is 15.1 Å². The highest BCUT2D eigenvalue weighted by Crippen LogP contribution is 2.43. The molecule has 0 bridgehead atoms. The van der Waals surface area contributed by atoms with Crippen molar-refractivity contribution in [2.24, 2.45) is 5.92 Å². The molecular formula is C25H27N5O2. The summed E-state index contributed by atoms with van der Waals surface area (Å²) in [5.74, 6) is 0.232. The average Bonchev–Trinajstić information content (AvgIpc) is 3.24. The Kier molecular flexibility index (Phi) is 4.96. The van der Waals surface area contributed by atoms with Gasteiger partial charge in [-0.2, -0.15) is 5.10 Å². The van der Waals surface area contributed by atoms with Crippen molar-refractivity contribution in [2.75, 3.05) is 18.4 Å². The number of aryl methyl sites for hydroxylation is 1. The minimum atomic E-state index is -0.135. The highest BCUT2D eigenvalue weighted by Gasteiger charge is 2.49. The number of carbonyl (C=O) groups excluding carboxylic acids is 2. The molecule has 1 N–H and O–H groups in total. The van der Waals surface area contributed by atoms with E-state index in [4.69, 9.17) is 5.10 Å². The Morgan fingerprint density at radius 1 is 1.03 bits per heavy atom. The number of hydrogen-bond acceptors (Lipinski definition) is 3. The van der Waals surface area contributed by atoms with E-state index in [1.807, 2.05) is 72.5 Å². The lowest BCUT2D eigenvalue weighted by atomic mass is 9.94. The summed E-state index contributed by atoms with van der Waals surface area (Å²) in [6.45, 7) is 7.30. The number of rotatable bonds is 4. The van der Waals surface area contributed by atoms with E-state index in [-0.39, 0.29) is 29.9 Å². The van der Waals surface area contributed by atoms with Crippen molar-refractivity contribution in [2.45, 2.75) is 32.9 Å². The largest absolute Gasteiger partial charge is 0.323 e. The first kappa shape index (κ1) is 20.3. The zero-order chi connectivity index (χ0) is 22.4. The minimum absolute atomic E-state index is 0.00345. The molecule has 2 aliphatic heterocycles. The third-order valence-corrected chi connectivity index (χ3v) is 6.34. The molecule has 164 valence electrons. The smallest absolute Gasteiger partial charge is 0.321 e. The van der Waals surface area contributed by atoms with E-state index in [0.29, 0.717) is 18.8 Å². The topological polar surface area (TPSA) is 70.5 Å². The molecule has 2 aliphatic rings. The van der Waals surface area contributed by atoms with E-state index in [1.54, 1.807) is 9.58 Å². The number of nitrogens with one attached hydrogen (secondary N) is 1. The number of para-hydroxylation sites is 2. The molecule has 3 amide bonds. The Hall–Kier alpha value is -3.61. The molecule has 1 fully saturated rings. The molecular weight excluding hydrogens is 402 g/mol. The van der Waals surface area contributed by atoms with Gasteiger partial charge in [0.25, 0.3) is 5.91 Å². The van der Waals surface area contributed by atoms with Crippen molar-refractivity contribution in [3.05, 3.63) is 77.6 Å². The van der Waals surface area contributed by atoms with Crippen LogP contribution in [0.1, 0.15) is 41.6 Å². The van der Waals surface area contributed by atoms with E-state index in [2.05, 4.69) is 19.2 Å². The quantitative estimate of drug-likeness (QED) is 0.674.